The van der Waals surface area contributed by atoms with Crippen LogP contribution in [0.1, 0.15) is 34.5 Å². The molecule has 0 bridgehead atoms. The van der Waals surface area contributed by atoms with Crippen LogP contribution in [-0.2, 0) is 0 Å². The maximum atomic E-state index is 12.9. The molecule has 0 aliphatic carbocycles. The van der Waals surface area contributed by atoms with Gasteiger partial charge in [-0.3, -0.25) is 4.79 Å². The largest absolute Gasteiger partial charge is 0.488 e. The molecule has 1 saturated heterocycles. The molecular weight excluding hydrogens is 352 g/mol. The number of carbonyl (C=O) groups excluding carboxylic acids is 1. The first-order valence-corrected chi connectivity index (χ1v) is 9.53. The summed E-state index contributed by atoms with van der Waals surface area (Å²) in [5.74, 6) is 1.44. The van der Waals surface area contributed by atoms with Crippen molar-refractivity contribution in [2.75, 3.05) is 13.1 Å². The first-order valence-electron chi connectivity index (χ1n) is 9.53. The molecule has 0 radical (unpaired) electrons. The fourth-order valence-electron chi connectivity index (χ4n) is 3.22. The Labute approximate surface area is 164 Å². The minimum Gasteiger partial charge on any atom is -0.488 e. The van der Waals surface area contributed by atoms with Crippen LogP contribution < -0.4 is 15.4 Å². The Kier molecular flexibility index (Phi) is 5.17. The van der Waals surface area contributed by atoms with Gasteiger partial charge in [0.2, 0.25) is 0 Å². The average Bonchev–Trinajstić information content (AvgIpc) is 3.20. The zero-order valence-electron chi connectivity index (χ0n) is 16.1. The quantitative estimate of drug-likeness (QED) is 0.680. The van der Waals surface area contributed by atoms with Crippen molar-refractivity contribution >= 4 is 5.91 Å². The highest BCUT2D eigenvalue weighted by molar-refractivity contribution is 5.96. The SMILES string of the molecule is Cc1ccc(OC2CNC2)cc1C(=O)N[C@H](C)c1cccc(-c2ccco2)c1. The van der Waals surface area contributed by atoms with Crippen molar-refractivity contribution in [1.82, 2.24) is 10.6 Å². The van der Waals surface area contributed by atoms with Gasteiger partial charge >= 0.3 is 0 Å². The summed E-state index contributed by atoms with van der Waals surface area (Å²) in [5.41, 5.74) is 3.57. The lowest BCUT2D eigenvalue weighted by Gasteiger charge is -2.28. The zero-order valence-corrected chi connectivity index (χ0v) is 16.1. The highest BCUT2D eigenvalue weighted by Crippen LogP contribution is 2.25. The van der Waals surface area contributed by atoms with Gasteiger partial charge in [0.25, 0.3) is 5.91 Å². The van der Waals surface area contributed by atoms with Gasteiger partial charge in [0.15, 0.2) is 0 Å². The molecule has 2 heterocycles. The van der Waals surface area contributed by atoms with Gasteiger partial charge in [-0.2, -0.15) is 0 Å². The highest BCUT2D eigenvalue weighted by atomic mass is 16.5. The summed E-state index contributed by atoms with van der Waals surface area (Å²) in [4.78, 5) is 12.9. The lowest BCUT2D eigenvalue weighted by atomic mass is 10.0. The highest BCUT2D eigenvalue weighted by Gasteiger charge is 2.20. The first-order chi connectivity index (χ1) is 13.6. The van der Waals surface area contributed by atoms with E-state index in [1.807, 2.05) is 68.4 Å². The van der Waals surface area contributed by atoms with Crippen molar-refractivity contribution in [2.24, 2.45) is 0 Å². The summed E-state index contributed by atoms with van der Waals surface area (Å²) in [5, 5.41) is 6.27. The van der Waals surface area contributed by atoms with E-state index in [4.69, 9.17) is 9.15 Å². The molecule has 5 heteroatoms. The minimum atomic E-state index is -0.137. The molecule has 0 unspecified atom stereocenters. The molecule has 1 aromatic heterocycles. The Balaban J connectivity index is 1.48. The topological polar surface area (TPSA) is 63.5 Å². The molecule has 5 nitrogen and oxygen atoms in total. The maximum absolute atomic E-state index is 12.9. The van der Waals surface area contributed by atoms with E-state index >= 15 is 0 Å². The van der Waals surface area contributed by atoms with Crippen LogP contribution in [0.4, 0.5) is 0 Å². The molecule has 2 N–H and O–H groups in total. The third-order valence-electron chi connectivity index (χ3n) is 5.04. The molecule has 2 aromatic carbocycles. The number of hydrogen-bond donors (Lipinski definition) is 2. The molecule has 144 valence electrons. The van der Waals surface area contributed by atoms with Crippen molar-refractivity contribution in [3.8, 4) is 17.1 Å². The van der Waals surface area contributed by atoms with Gasteiger partial charge in [0.1, 0.15) is 17.6 Å². The van der Waals surface area contributed by atoms with E-state index in [1.54, 1.807) is 6.26 Å². The predicted octanol–water partition coefficient (Wildman–Crippen LogP) is 4.10. The number of carbonyl (C=O) groups is 1. The molecule has 0 spiro atoms. The van der Waals surface area contributed by atoms with E-state index in [2.05, 4.69) is 10.6 Å². The average molecular weight is 376 g/mol. The summed E-state index contributed by atoms with van der Waals surface area (Å²) in [6, 6.07) is 17.3. The summed E-state index contributed by atoms with van der Waals surface area (Å²) in [6.07, 6.45) is 1.84. The predicted molar refractivity (Wildman–Crippen MR) is 108 cm³/mol. The van der Waals surface area contributed by atoms with Gasteiger partial charge < -0.3 is 19.8 Å². The summed E-state index contributed by atoms with van der Waals surface area (Å²) in [7, 11) is 0. The number of rotatable bonds is 6. The number of nitrogens with one attached hydrogen (secondary N) is 2. The van der Waals surface area contributed by atoms with Gasteiger partial charge in [-0.15, -0.1) is 0 Å². The normalized spacial score (nSPS) is 14.9. The molecule has 1 atom stereocenters. The number of hydrogen-bond acceptors (Lipinski definition) is 4. The Hall–Kier alpha value is -3.05. The summed E-state index contributed by atoms with van der Waals surface area (Å²) >= 11 is 0. The van der Waals surface area contributed by atoms with Gasteiger partial charge in [0, 0.05) is 24.2 Å². The molecule has 3 aromatic rings. The molecule has 1 aliphatic rings. The minimum absolute atomic E-state index is 0.106. The van der Waals surface area contributed by atoms with E-state index in [0.29, 0.717) is 5.56 Å². The fraction of sp³-hybridized carbons (Fsp3) is 0.261. The van der Waals surface area contributed by atoms with E-state index in [1.165, 1.54) is 0 Å². The van der Waals surface area contributed by atoms with Crippen LogP contribution in [0.3, 0.4) is 0 Å². The smallest absolute Gasteiger partial charge is 0.252 e. The van der Waals surface area contributed by atoms with Crippen LogP contribution >= 0.6 is 0 Å². The summed E-state index contributed by atoms with van der Waals surface area (Å²) in [6.45, 7) is 5.61. The molecular formula is C23H24N2O3. The molecule has 4 rings (SSSR count). The third kappa shape index (κ3) is 3.94. The first kappa shape index (κ1) is 18.3. The number of amides is 1. The van der Waals surface area contributed by atoms with Crippen molar-refractivity contribution in [3.05, 3.63) is 77.6 Å². The van der Waals surface area contributed by atoms with Crippen LogP contribution in [0.15, 0.2) is 65.3 Å². The second-order valence-corrected chi connectivity index (χ2v) is 7.17. The fourth-order valence-corrected chi connectivity index (χ4v) is 3.22. The van der Waals surface area contributed by atoms with E-state index in [0.717, 1.165) is 41.3 Å². The zero-order chi connectivity index (χ0) is 19.5. The van der Waals surface area contributed by atoms with Crippen LogP contribution in [0.2, 0.25) is 0 Å². The molecule has 1 amide bonds. The van der Waals surface area contributed by atoms with E-state index in [9.17, 15) is 4.79 Å². The molecule has 1 fully saturated rings. The Morgan fingerprint density at radius 1 is 1.18 bits per heavy atom. The van der Waals surface area contributed by atoms with Crippen LogP contribution in [0.25, 0.3) is 11.3 Å². The Morgan fingerprint density at radius 3 is 2.75 bits per heavy atom. The molecule has 28 heavy (non-hydrogen) atoms. The van der Waals surface area contributed by atoms with Crippen molar-refractivity contribution in [3.63, 3.8) is 0 Å². The lowest BCUT2D eigenvalue weighted by molar-refractivity contribution is 0.0937. The van der Waals surface area contributed by atoms with Crippen LogP contribution in [-0.4, -0.2) is 25.1 Å². The Morgan fingerprint density at radius 2 is 2.04 bits per heavy atom. The van der Waals surface area contributed by atoms with Crippen LogP contribution in [0.5, 0.6) is 5.75 Å². The standard InChI is InChI=1S/C23H24N2O3/c1-15-8-9-19(28-20-13-24-14-20)12-21(15)23(26)25-16(2)17-5-3-6-18(11-17)22-7-4-10-27-22/h3-12,16,20,24H,13-14H2,1-2H3,(H,25,26)/t16-/m1/s1. The lowest BCUT2D eigenvalue weighted by Crippen LogP contribution is -2.50. The second kappa shape index (κ2) is 7.90. The number of aryl methyl sites for hydroxylation is 1. The van der Waals surface area contributed by atoms with E-state index < -0.39 is 0 Å². The van der Waals surface area contributed by atoms with Gasteiger partial charge in [-0.05, 0) is 55.3 Å². The van der Waals surface area contributed by atoms with E-state index in [-0.39, 0.29) is 18.1 Å². The third-order valence-corrected chi connectivity index (χ3v) is 5.04. The van der Waals surface area contributed by atoms with Crippen molar-refractivity contribution in [1.29, 1.82) is 0 Å². The Bertz CT molecular complexity index is 962. The maximum Gasteiger partial charge on any atom is 0.252 e. The van der Waals surface area contributed by atoms with Gasteiger partial charge in [-0.1, -0.05) is 24.3 Å². The molecule has 0 saturated carbocycles. The molecule has 1 aliphatic heterocycles. The van der Waals surface area contributed by atoms with Crippen molar-refractivity contribution in [2.45, 2.75) is 26.0 Å². The second-order valence-electron chi connectivity index (χ2n) is 7.17. The summed E-state index contributed by atoms with van der Waals surface area (Å²) < 4.78 is 11.4. The van der Waals surface area contributed by atoms with Gasteiger partial charge in [0.05, 0.1) is 12.3 Å². The number of ether oxygens (including phenoxy) is 1. The number of furan rings is 1. The number of benzene rings is 2. The van der Waals surface area contributed by atoms with Gasteiger partial charge in [-0.25, -0.2) is 0 Å². The monoisotopic (exact) mass is 376 g/mol. The van der Waals surface area contributed by atoms with Crippen LogP contribution in [0, 0.1) is 6.92 Å². The van der Waals surface area contributed by atoms with Crippen molar-refractivity contribution < 1.29 is 13.9 Å².